The number of carbonyl (C=O) groups is 2. The Balaban J connectivity index is 0.000000534. The molecule has 0 radical (unpaired) electrons. The molecule has 0 aromatic heterocycles. The fourth-order valence-electron chi connectivity index (χ4n) is 1.47. The Kier molecular flexibility index (Phi) is 7.89. The third-order valence-electron chi connectivity index (χ3n) is 2.62. The number of ether oxygens (including phenoxy) is 1. The fourth-order valence-corrected chi connectivity index (χ4v) is 1.47. The molecule has 1 rings (SSSR count). The summed E-state index contributed by atoms with van der Waals surface area (Å²) in [6.07, 6.45) is -3.61. The number of halogens is 3. The van der Waals surface area contributed by atoms with E-state index in [0.29, 0.717) is 0 Å². The Bertz CT molecular complexity index is 503. The summed E-state index contributed by atoms with van der Waals surface area (Å²) in [5.74, 6) is -3.70. The summed E-state index contributed by atoms with van der Waals surface area (Å²) in [6, 6.07) is 9.50. The SMILES string of the molecule is C=C[C@@H](C(=O)OC)[C@@H]([NH3+])c1ccccc1.O=C([O-])C(F)(F)F. The van der Waals surface area contributed by atoms with Gasteiger partial charge in [0.25, 0.3) is 0 Å². The number of quaternary nitrogens is 1. The molecule has 0 bridgehead atoms. The largest absolute Gasteiger partial charge is 0.542 e. The Labute approximate surface area is 125 Å². The Morgan fingerprint density at radius 1 is 1.32 bits per heavy atom. The van der Waals surface area contributed by atoms with Gasteiger partial charge in [0.15, 0.2) is 0 Å². The molecule has 0 fully saturated rings. The van der Waals surface area contributed by atoms with Crippen molar-refractivity contribution in [2.45, 2.75) is 12.2 Å². The molecule has 2 atom stereocenters. The van der Waals surface area contributed by atoms with Crippen molar-refractivity contribution in [1.29, 1.82) is 0 Å². The van der Waals surface area contributed by atoms with E-state index >= 15 is 0 Å². The third kappa shape index (κ3) is 6.40. The number of methoxy groups -OCH3 is 1. The van der Waals surface area contributed by atoms with E-state index in [-0.39, 0.29) is 12.0 Å². The standard InChI is InChI=1S/C12H15NO2.C2HF3O2/c1-3-10(12(14)15-2)11(13)9-7-5-4-6-8-9;3-2(4,5)1(6)7/h3-8,10-11H,1,13H2,2H3;(H,6,7)/t10-,11+;/m1./s1. The molecule has 8 heteroatoms. The molecule has 0 heterocycles. The van der Waals surface area contributed by atoms with E-state index in [0.717, 1.165) is 5.56 Å². The zero-order chi connectivity index (χ0) is 17.3. The minimum absolute atomic E-state index is 0.156. The highest BCUT2D eigenvalue weighted by atomic mass is 19.4. The molecular formula is C14H16F3NO4. The van der Waals surface area contributed by atoms with Gasteiger partial charge in [-0.25, -0.2) is 0 Å². The van der Waals surface area contributed by atoms with Gasteiger partial charge in [0.2, 0.25) is 0 Å². The maximum absolute atomic E-state index is 11.4. The van der Waals surface area contributed by atoms with Crippen molar-refractivity contribution in [2.24, 2.45) is 5.92 Å². The maximum atomic E-state index is 11.4. The first-order valence-corrected chi connectivity index (χ1v) is 6.01. The van der Waals surface area contributed by atoms with Crippen molar-refractivity contribution in [3.05, 3.63) is 48.6 Å². The van der Waals surface area contributed by atoms with Gasteiger partial charge in [-0.05, 0) is 0 Å². The second-order valence-electron chi connectivity index (χ2n) is 4.09. The first-order valence-electron chi connectivity index (χ1n) is 6.01. The molecular weight excluding hydrogens is 303 g/mol. The van der Waals surface area contributed by atoms with Crippen molar-refractivity contribution >= 4 is 11.9 Å². The van der Waals surface area contributed by atoms with E-state index in [2.05, 4.69) is 12.3 Å². The summed E-state index contributed by atoms with van der Waals surface area (Å²) in [6.45, 7) is 3.64. The van der Waals surface area contributed by atoms with Crippen LogP contribution in [0.1, 0.15) is 11.6 Å². The molecule has 1 aromatic rings. The van der Waals surface area contributed by atoms with E-state index < -0.39 is 18.1 Å². The topological polar surface area (TPSA) is 94.1 Å². The lowest BCUT2D eigenvalue weighted by Crippen LogP contribution is -2.58. The van der Waals surface area contributed by atoms with Gasteiger partial charge < -0.3 is 20.4 Å². The lowest BCUT2D eigenvalue weighted by Gasteiger charge is -2.15. The van der Waals surface area contributed by atoms with Gasteiger partial charge >= 0.3 is 12.1 Å². The number of aliphatic carboxylic acids is 1. The molecule has 5 nitrogen and oxygen atoms in total. The molecule has 22 heavy (non-hydrogen) atoms. The Morgan fingerprint density at radius 3 is 2.09 bits per heavy atom. The summed E-state index contributed by atoms with van der Waals surface area (Å²) in [4.78, 5) is 20.2. The van der Waals surface area contributed by atoms with Crippen LogP contribution in [0, 0.1) is 5.92 Å². The monoisotopic (exact) mass is 319 g/mol. The van der Waals surface area contributed by atoms with Gasteiger partial charge in [-0.2, -0.15) is 13.2 Å². The number of carboxylic acids is 1. The maximum Gasteiger partial charge on any atom is 0.430 e. The van der Waals surface area contributed by atoms with Crippen molar-refractivity contribution in [1.82, 2.24) is 0 Å². The molecule has 0 aliphatic rings. The molecule has 0 unspecified atom stereocenters. The normalized spacial score (nSPS) is 13.1. The van der Waals surface area contributed by atoms with E-state index in [1.807, 2.05) is 30.3 Å². The van der Waals surface area contributed by atoms with Gasteiger partial charge in [-0.1, -0.05) is 36.4 Å². The summed E-state index contributed by atoms with van der Waals surface area (Å²) >= 11 is 0. The van der Waals surface area contributed by atoms with Crippen LogP contribution in [-0.4, -0.2) is 25.2 Å². The van der Waals surface area contributed by atoms with E-state index in [9.17, 15) is 18.0 Å². The summed E-state index contributed by atoms with van der Waals surface area (Å²) in [5.41, 5.74) is 4.98. The molecule has 3 N–H and O–H groups in total. The minimum atomic E-state index is -5.19. The van der Waals surface area contributed by atoms with Gasteiger partial charge in [0.05, 0.1) is 7.11 Å². The van der Waals surface area contributed by atoms with Crippen LogP contribution < -0.4 is 10.8 Å². The predicted octanol–water partition coefficient (Wildman–Crippen LogP) is 0.243. The molecule has 0 aliphatic heterocycles. The number of esters is 1. The number of hydrogen-bond acceptors (Lipinski definition) is 4. The molecule has 0 spiro atoms. The van der Waals surface area contributed by atoms with Gasteiger partial charge in [-0.15, -0.1) is 6.58 Å². The quantitative estimate of drug-likeness (QED) is 0.635. The molecule has 122 valence electrons. The zero-order valence-electron chi connectivity index (χ0n) is 11.8. The number of alkyl halides is 3. The number of benzene rings is 1. The molecule has 1 aromatic carbocycles. The number of carboxylic acid groups (broad SMARTS) is 1. The molecule has 0 amide bonds. The first kappa shape index (κ1) is 19.7. The highest BCUT2D eigenvalue weighted by Gasteiger charge is 2.29. The Morgan fingerprint density at radius 2 is 1.77 bits per heavy atom. The second kappa shape index (κ2) is 8.83. The van der Waals surface area contributed by atoms with Crippen LogP contribution >= 0.6 is 0 Å². The highest BCUT2D eigenvalue weighted by Crippen LogP contribution is 2.19. The summed E-state index contributed by atoms with van der Waals surface area (Å²) in [5, 5.41) is 8.78. The van der Waals surface area contributed by atoms with Crippen molar-refractivity contribution in [3.63, 3.8) is 0 Å². The highest BCUT2D eigenvalue weighted by molar-refractivity contribution is 5.75. The zero-order valence-corrected chi connectivity index (χ0v) is 11.8. The average molecular weight is 319 g/mol. The third-order valence-corrected chi connectivity index (χ3v) is 2.62. The molecule has 0 saturated heterocycles. The predicted molar refractivity (Wildman–Crippen MR) is 68.8 cm³/mol. The minimum Gasteiger partial charge on any atom is -0.542 e. The van der Waals surface area contributed by atoms with Crippen molar-refractivity contribution in [3.8, 4) is 0 Å². The number of carbonyl (C=O) groups excluding carboxylic acids is 2. The van der Waals surface area contributed by atoms with Crippen molar-refractivity contribution in [2.75, 3.05) is 7.11 Å². The van der Waals surface area contributed by atoms with E-state index in [4.69, 9.17) is 14.6 Å². The molecule has 0 saturated carbocycles. The summed E-state index contributed by atoms with van der Waals surface area (Å²) < 4.78 is 36.2. The smallest absolute Gasteiger partial charge is 0.430 e. The van der Waals surface area contributed by atoms with Gasteiger partial charge in [0, 0.05) is 5.56 Å². The Hall–Kier alpha value is -2.35. The van der Waals surface area contributed by atoms with Crippen LogP contribution in [0.15, 0.2) is 43.0 Å². The second-order valence-corrected chi connectivity index (χ2v) is 4.09. The van der Waals surface area contributed by atoms with Crippen LogP contribution in [0.2, 0.25) is 0 Å². The molecule has 0 aliphatic carbocycles. The van der Waals surface area contributed by atoms with Crippen LogP contribution in [0.25, 0.3) is 0 Å². The van der Waals surface area contributed by atoms with Crippen molar-refractivity contribution < 1.29 is 38.3 Å². The van der Waals surface area contributed by atoms with Gasteiger partial charge in [-0.3, -0.25) is 4.79 Å². The van der Waals surface area contributed by atoms with E-state index in [1.165, 1.54) is 7.11 Å². The first-order chi connectivity index (χ1) is 10.1. The van der Waals surface area contributed by atoms with Crippen LogP contribution in [0.4, 0.5) is 13.2 Å². The van der Waals surface area contributed by atoms with Crippen LogP contribution in [0.3, 0.4) is 0 Å². The number of rotatable bonds is 4. The summed E-state index contributed by atoms with van der Waals surface area (Å²) in [7, 11) is 1.37. The lowest BCUT2D eigenvalue weighted by atomic mass is 9.94. The fraction of sp³-hybridized carbons (Fsp3) is 0.286. The lowest BCUT2D eigenvalue weighted by molar-refractivity contribution is -0.433. The van der Waals surface area contributed by atoms with Gasteiger partial charge in [0.1, 0.15) is 17.9 Å². The van der Waals surface area contributed by atoms with Crippen LogP contribution in [0.5, 0.6) is 0 Å². The number of hydrogen-bond donors (Lipinski definition) is 1. The average Bonchev–Trinajstić information content (AvgIpc) is 2.48. The van der Waals surface area contributed by atoms with Crippen LogP contribution in [-0.2, 0) is 14.3 Å². The van der Waals surface area contributed by atoms with E-state index in [1.54, 1.807) is 6.08 Å².